The third kappa shape index (κ3) is 2.05. The fraction of sp³-hybridized carbons (Fsp3) is 0.625. The van der Waals surface area contributed by atoms with E-state index in [-0.39, 0.29) is 12.0 Å². The number of aliphatic hydroxyl groups excluding tert-OH is 1. The second kappa shape index (κ2) is 3.53. The molecule has 3 heteroatoms. The summed E-state index contributed by atoms with van der Waals surface area (Å²) < 4.78 is 0. The molecule has 0 bridgehead atoms. The maximum absolute atomic E-state index is 11.1. The number of likely N-dealkylation sites (tertiary alicyclic amines) is 1. The van der Waals surface area contributed by atoms with Crippen molar-refractivity contribution in [1.29, 1.82) is 0 Å². The van der Waals surface area contributed by atoms with E-state index in [0.717, 1.165) is 0 Å². The van der Waals surface area contributed by atoms with E-state index in [1.807, 2.05) is 0 Å². The van der Waals surface area contributed by atoms with Gasteiger partial charge >= 0.3 is 0 Å². The van der Waals surface area contributed by atoms with Crippen LogP contribution in [-0.2, 0) is 4.79 Å². The molecule has 1 heterocycles. The van der Waals surface area contributed by atoms with Crippen molar-refractivity contribution in [1.82, 2.24) is 4.90 Å². The Kier molecular flexibility index (Phi) is 2.65. The van der Waals surface area contributed by atoms with Crippen molar-refractivity contribution in [2.75, 3.05) is 13.1 Å². The standard InChI is InChI=1S/C8H13NO2/c1-2-3-8(11)9-5-4-7(10)6-9/h2,7,10H,1,3-6H2/t7-/m1/s1. The Morgan fingerprint density at radius 3 is 3.00 bits per heavy atom. The molecule has 0 radical (unpaired) electrons. The van der Waals surface area contributed by atoms with Gasteiger partial charge in [-0.2, -0.15) is 0 Å². The van der Waals surface area contributed by atoms with Crippen molar-refractivity contribution in [2.24, 2.45) is 0 Å². The summed E-state index contributed by atoms with van der Waals surface area (Å²) in [6.07, 6.45) is 2.37. The number of nitrogens with zero attached hydrogens (tertiary/aromatic N) is 1. The highest BCUT2D eigenvalue weighted by Crippen LogP contribution is 2.09. The number of aliphatic hydroxyl groups is 1. The van der Waals surface area contributed by atoms with Gasteiger partial charge in [0.25, 0.3) is 0 Å². The Labute approximate surface area is 66.3 Å². The van der Waals surface area contributed by atoms with Crippen LogP contribution in [0.15, 0.2) is 12.7 Å². The molecule has 3 nitrogen and oxygen atoms in total. The van der Waals surface area contributed by atoms with Crippen LogP contribution in [0.25, 0.3) is 0 Å². The molecule has 0 aromatic carbocycles. The number of hydrogen-bond donors (Lipinski definition) is 1. The van der Waals surface area contributed by atoms with Gasteiger partial charge in [-0.25, -0.2) is 0 Å². The molecule has 1 amide bonds. The number of carbonyl (C=O) groups excluding carboxylic acids is 1. The molecule has 1 rings (SSSR count). The highest BCUT2D eigenvalue weighted by atomic mass is 16.3. The van der Waals surface area contributed by atoms with Crippen LogP contribution in [0, 0.1) is 0 Å². The molecule has 62 valence electrons. The fourth-order valence-electron chi connectivity index (χ4n) is 1.22. The van der Waals surface area contributed by atoms with E-state index < -0.39 is 0 Å². The fourth-order valence-corrected chi connectivity index (χ4v) is 1.22. The van der Waals surface area contributed by atoms with Gasteiger partial charge in [-0.15, -0.1) is 6.58 Å². The predicted molar refractivity (Wildman–Crippen MR) is 42.0 cm³/mol. The Balaban J connectivity index is 2.36. The first-order valence-corrected chi connectivity index (χ1v) is 3.80. The van der Waals surface area contributed by atoms with E-state index in [1.165, 1.54) is 0 Å². The summed E-state index contributed by atoms with van der Waals surface area (Å²) in [4.78, 5) is 12.8. The molecule has 1 N–H and O–H groups in total. The minimum atomic E-state index is -0.316. The summed E-state index contributed by atoms with van der Waals surface area (Å²) in [6.45, 7) is 4.66. The maximum atomic E-state index is 11.1. The monoisotopic (exact) mass is 155 g/mol. The van der Waals surface area contributed by atoms with Gasteiger partial charge in [-0.3, -0.25) is 4.79 Å². The molecule has 1 aliphatic rings. The van der Waals surface area contributed by atoms with Gasteiger partial charge in [0.2, 0.25) is 5.91 Å². The van der Waals surface area contributed by atoms with Gasteiger partial charge in [0, 0.05) is 19.5 Å². The second-order valence-corrected chi connectivity index (χ2v) is 2.78. The molecule has 0 unspecified atom stereocenters. The maximum Gasteiger partial charge on any atom is 0.226 e. The minimum absolute atomic E-state index is 0.0663. The van der Waals surface area contributed by atoms with E-state index in [2.05, 4.69) is 6.58 Å². The highest BCUT2D eigenvalue weighted by molar-refractivity contribution is 5.77. The number of amides is 1. The summed E-state index contributed by atoms with van der Waals surface area (Å²) >= 11 is 0. The van der Waals surface area contributed by atoms with E-state index in [9.17, 15) is 4.79 Å². The van der Waals surface area contributed by atoms with Gasteiger partial charge in [-0.05, 0) is 6.42 Å². The zero-order valence-electron chi connectivity index (χ0n) is 6.49. The molecule has 11 heavy (non-hydrogen) atoms. The van der Waals surface area contributed by atoms with Crippen molar-refractivity contribution < 1.29 is 9.90 Å². The molecule has 0 saturated carbocycles. The van der Waals surface area contributed by atoms with Crippen LogP contribution in [0.5, 0.6) is 0 Å². The largest absolute Gasteiger partial charge is 0.391 e. The van der Waals surface area contributed by atoms with Gasteiger partial charge in [0.05, 0.1) is 6.10 Å². The first-order chi connectivity index (χ1) is 5.24. The first-order valence-electron chi connectivity index (χ1n) is 3.80. The normalized spacial score (nSPS) is 23.7. The predicted octanol–water partition coefficient (Wildman–Crippen LogP) is 0.156. The summed E-state index contributed by atoms with van der Waals surface area (Å²) in [6, 6.07) is 0. The van der Waals surface area contributed by atoms with Crippen LogP contribution >= 0.6 is 0 Å². The smallest absolute Gasteiger partial charge is 0.226 e. The van der Waals surface area contributed by atoms with Gasteiger partial charge < -0.3 is 10.0 Å². The molecule has 0 aromatic heterocycles. The zero-order valence-corrected chi connectivity index (χ0v) is 6.49. The zero-order chi connectivity index (χ0) is 8.27. The van der Waals surface area contributed by atoms with E-state index >= 15 is 0 Å². The molecule has 1 fully saturated rings. The minimum Gasteiger partial charge on any atom is -0.391 e. The highest BCUT2D eigenvalue weighted by Gasteiger charge is 2.23. The number of hydrogen-bond acceptors (Lipinski definition) is 2. The third-order valence-corrected chi connectivity index (χ3v) is 1.84. The number of β-amino-alcohol motifs (C(OH)–C–C–N with tert-alkyl or cyclic N) is 1. The molecule has 1 atom stereocenters. The van der Waals surface area contributed by atoms with E-state index in [0.29, 0.717) is 25.9 Å². The molecular weight excluding hydrogens is 142 g/mol. The second-order valence-electron chi connectivity index (χ2n) is 2.78. The molecular formula is C8H13NO2. The average molecular weight is 155 g/mol. The molecule has 1 aliphatic heterocycles. The summed E-state index contributed by atoms with van der Waals surface area (Å²) in [5.74, 6) is 0.0663. The Bertz CT molecular complexity index is 167. The molecule has 1 saturated heterocycles. The van der Waals surface area contributed by atoms with E-state index in [4.69, 9.17) is 5.11 Å². The van der Waals surface area contributed by atoms with Crippen LogP contribution in [0.2, 0.25) is 0 Å². The van der Waals surface area contributed by atoms with Crippen molar-refractivity contribution in [3.05, 3.63) is 12.7 Å². The van der Waals surface area contributed by atoms with Gasteiger partial charge in [-0.1, -0.05) is 6.08 Å². The molecule has 0 spiro atoms. The lowest BCUT2D eigenvalue weighted by atomic mass is 10.3. The van der Waals surface area contributed by atoms with Crippen molar-refractivity contribution in [3.63, 3.8) is 0 Å². The Morgan fingerprint density at radius 1 is 1.82 bits per heavy atom. The van der Waals surface area contributed by atoms with Crippen molar-refractivity contribution >= 4 is 5.91 Å². The van der Waals surface area contributed by atoms with Crippen molar-refractivity contribution in [2.45, 2.75) is 18.9 Å². The lowest BCUT2D eigenvalue weighted by Gasteiger charge is -2.13. The average Bonchev–Trinajstić information content (AvgIpc) is 2.36. The lowest BCUT2D eigenvalue weighted by Crippen LogP contribution is -2.28. The van der Waals surface area contributed by atoms with Gasteiger partial charge in [0.1, 0.15) is 0 Å². The molecule has 0 aliphatic carbocycles. The number of rotatable bonds is 2. The SMILES string of the molecule is C=CCC(=O)N1CC[C@@H](O)C1. The van der Waals surface area contributed by atoms with Gasteiger partial charge in [0.15, 0.2) is 0 Å². The Hall–Kier alpha value is -0.830. The lowest BCUT2D eigenvalue weighted by molar-refractivity contribution is -0.129. The van der Waals surface area contributed by atoms with Crippen LogP contribution in [0.1, 0.15) is 12.8 Å². The Morgan fingerprint density at radius 2 is 2.55 bits per heavy atom. The summed E-state index contributed by atoms with van der Waals surface area (Å²) in [5.41, 5.74) is 0. The van der Waals surface area contributed by atoms with E-state index in [1.54, 1.807) is 11.0 Å². The summed E-state index contributed by atoms with van der Waals surface area (Å²) in [5, 5.41) is 9.10. The van der Waals surface area contributed by atoms with Crippen LogP contribution < -0.4 is 0 Å². The van der Waals surface area contributed by atoms with Crippen molar-refractivity contribution in [3.8, 4) is 0 Å². The quantitative estimate of drug-likeness (QED) is 0.577. The molecule has 0 aromatic rings. The van der Waals surface area contributed by atoms with Crippen LogP contribution in [0.4, 0.5) is 0 Å². The van der Waals surface area contributed by atoms with Crippen LogP contribution in [0.3, 0.4) is 0 Å². The van der Waals surface area contributed by atoms with Crippen LogP contribution in [-0.4, -0.2) is 35.1 Å². The third-order valence-electron chi connectivity index (χ3n) is 1.84. The summed E-state index contributed by atoms with van der Waals surface area (Å²) in [7, 11) is 0. The topological polar surface area (TPSA) is 40.5 Å². The first kappa shape index (κ1) is 8.27. The number of carbonyl (C=O) groups is 1.